The monoisotopic (exact) mass is 424 g/mol. The minimum absolute atomic E-state index is 0.344. The Morgan fingerprint density at radius 2 is 1.59 bits per heavy atom. The van der Waals surface area contributed by atoms with E-state index in [1.165, 1.54) is 0 Å². The van der Waals surface area contributed by atoms with Crippen LogP contribution in [-0.4, -0.2) is 18.7 Å². The minimum atomic E-state index is -0.344. The molecule has 0 unspecified atom stereocenters. The van der Waals surface area contributed by atoms with E-state index in [2.05, 4.69) is 10.5 Å². The molecule has 0 bridgehead atoms. The smallest absolute Gasteiger partial charge is 0.275 e. The van der Waals surface area contributed by atoms with Crippen molar-refractivity contribution >= 4 is 22.9 Å². The first-order chi connectivity index (χ1) is 15.8. The van der Waals surface area contributed by atoms with E-state index in [-0.39, 0.29) is 5.91 Å². The molecule has 0 spiro atoms. The Balaban J connectivity index is 1.52. The molecule has 5 heteroatoms. The van der Waals surface area contributed by atoms with Gasteiger partial charge in [0.05, 0.1) is 18.4 Å². The van der Waals surface area contributed by atoms with Crippen LogP contribution < -0.4 is 14.9 Å². The zero-order valence-corrected chi connectivity index (χ0v) is 17.8. The lowest BCUT2D eigenvalue weighted by atomic mass is 10.0. The maximum atomic E-state index is 12.8. The molecule has 0 saturated heterocycles. The molecule has 4 rings (SSSR count). The SMILES string of the molecule is CCOc1ccc2ccccc2c1/C=N\NC(=O)c1ccccc1OCc1ccccc1. The summed E-state index contributed by atoms with van der Waals surface area (Å²) >= 11 is 0. The second-order valence-corrected chi connectivity index (χ2v) is 7.10. The highest BCUT2D eigenvalue weighted by Crippen LogP contribution is 2.27. The molecule has 160 valence electrons. The quantitative estimate of drug-likeness (QED) is 0.297. The molecule has 0 saturated carbocycles. The Kier molecular flexibility index (Phi) is 6.78. The number of hydrogen-bond donors (Lipinski definition) is 1. The molecule has 0 heterocycles. The third-order valence-corrected chi connectivity index (χ3v) is 4.96. The summed E-state index contributed by atoms with van der Waals surface area (Å²) in [5.41, 5.74) is 4.88. The Morgan fingerprint density at radius 1 is 0.844 bits per heavy atom. The highest BCUT2D eigenvalue weighted by molar-refractivity contribution is 6.03. The molecule has 4 aromatic rings. The molecule has 1 N–H and O–H groups in total. The molecule has 0 atom stereocenters. The Morgan fingerprint density at radius 3 is 2.44 bits per heavy atom. The van der Waals surface area contributed by atoms with Gasteiger partial charge in [0.25, 0.3) is 5.91 Å². The van der Waals surface area contributed by atoms with E-state index in [1.54, 1.807) is 24.4 Å². The average molecular weight is 425 g/mol. The lowest BCUT2D eigenvalue weighted by molar-refractivity contribution is 0.0950. The number of carbonyl (C=O) groups excluding carboxylic acids is 1. The number of hydrogen-bond acceptors (Lipinski definition) is 4. The van der Waals surface area contributed by atoms with Gasteiger partial charge in [0, 0.05) is 5.56 Å². The van der Waals surface area contributed by atoms with Crippen molar-refractivity contribution in [3.05, 3.63) is 108 Å². The van der Waals surface area contributed by atoms with Crippen molar-refractivity contribution < 1.29 is 14.3 Å². The highest BCUT2D eigenvalue weighted by Gasteiger charge is 2.12. The molecule has 0 aliphatic heterocycles. The maximum absolute atomic E-state index is 12.8. The van der Waals surface area contributed by atoms with Crippen molar-refractivity contribution in [3.8, 4) is 11.5 Å². The van der Waals surface area contributed by atoms with Crippen LogP contribution in [0, 0.1) is 0 Å². The standard InChI is InChI=1S/C27H24N2O3/c1-2-31-26-17-16-21-12-6-7-13-22(21)24(26)18-28-29-27(30)23-14-8-9-15-25(23)32-19-20-10-4-3-5-11-20/h3-18H,2,19H2,1H3,(H,29,30)/b28-18-. The second-order valence-electron chi connectivity index (χ2n) is 7.10. The topological polar surface area (TPSA) is 59.9 Å². The van der Waals surface area contributed by atoms with E-state index in [0.717, 1.165) is 27.6 Å². The van der Waals surface area contributed by atoms with Crippen molar-refractivity contribution in [1.29, 1.82) is 0 Å². The van der Waals surface area contributed by atoms with Gasteiger partial charge in [-0.25, -0.2) is 5.43 Å². The fourth-order valence-corrected chi connectivity index (χ4v) is 3.42. The summed E-state index contributed by atoms with van der Waals surface area (Å²) < 4.78 is 11.6. The summed E-state index contributed by atoms with van der Waals surface area (Å²) in [5, 5.41) is 6.29. The fraction of sp³-hybridized carbons (Fsp3) is 0.111. The van der Waals surface area contributed by atoms with Gasteiger partial charge in [-0.2, -0.15) is 5.10 Å². The van der Waals surface area contributed by atoms with Gasteiger partial charge in [0.15, 0.2) is 0 Å². The van der Waals surface area contributed by atoms with Gasteiger partial charge in [0.1, 0.15) is 18.1 Å². The first kappa shape index (κ1) is 21.1. The Bertz CT molecular complexity index is 1240. The fourth-order valence-electron chi connectivity index (χ4n) is 3.42. The van der Waals surface area contributed by atoms with Crippen molar-refractivity contribution in [2.75, 3.05) is 6.61 Å². The van der Waals surface area contributed by atoms with Crippen molar-refractivity contribution in [2.24, 2.45) is 5.10 Å². The molecule has 0 aromatic heterocycles. The van der Waals surface area contributed by atoms with Crippen LogP contribution in [-0.2, 0) is 6.61 Å². The molecular formula is C27H24N2O3. The molecule has 4 aromatic carbocycles. The van der Waals surface area contributed by atoms with Crippen LogP contribution in [0.25, 0.3) is 10.8 Å². The number of rotatable bonds is 8. The van der Waals surface area contributed by atoms with Crippen LogP contribution >= 0.6 is 0 Å². The molecule has 0 fully saturated rings. The molecular weight excluding hydrogens is 400 g/mol. The van der Waals surface area contributed by atoms with Crippen LogP contribution in [0.3, 0.4) is 0 Å². The number of hydrazone groups is 1. The number of para-hydroxylation sites is 1. The van der Waals surface area contributed by atoms with Crippen LogP contribution in [0.5, 0.6) is 11.5 Å². The zero-order chi connectivity index (χ0) is 22.2. The number of amides is 1. The number of nitrogens with zero attached hydrogens (tertiary/aromatic N) is 1. The molecule has 1 amide bonds. The molecule has 0 aliphatic carbocycles. The lowest BCUT2D eigenvalue weighted by Crippen LogP contribution is -2.18. The normalized spacial score (nSPS) is 10.9. The predicted octanol–water partition coefficient (Wildman–Crippen LogP) is 5.58. The van der Waals surface area contributed by atoms with Crippen LogP contribution in [0.15, 0.2) is 96.1 Å². The number of ether oxygens (including phenoxy) is 2. The number of fused-ring (bicyclic) bond motifs is 1. The van der Waals surface area contributed by atoms with E-state index in [9.17, 15) is 4.79 Å². The van der Waals surface area contributed by atoms with E-state index >= 15 is 0 Å². The summed E-state index contributed by atoms with van der Waals surface area (Å²) in [6, 6.07) is 28.9. The summed E-state index contributed by atoms with van der Waals surface area (Å²) in [5.74, 6) is 0.878. The van der Waals surface area contributed by atoms with E-state index < -0.39 is 0 Å². The lowest BCUT2D eigenvalue weighted by Gasteiger charge is -2.11. The van der Waals surface area contributed by atoms with Gasteiger partial charge in [-0.05, 0) is 41.5 Å². The molecule has 32 heavy (non-hydrogen) atoms. The maximum Gasteiger partial charge on any atom is 0.275 e. The van der Waals surface area contributed by atoms with Crippen LogP contribution in [0.2, 0.25) is 0 Å². The zero-order valence-electron chi connectivity index (χ0n) is 17.8. The third-order valence-electron chi connectivity index (χ3n) is 4.96. The summed E-state index contributed by atoms with van der Waals surface area (Å²) in [4.78, 5) is 12.8. The van der Waals surface area contributed by atoms with E-state index in [4.69, 9.17) is 9.47 Å². The summed E-state index contributed by atoms with van der Waals surface area (Å²) in [6.45, 7) is 2.85. The second kappa shape index (κ2) is 10.3. The van der Waals surface area contributed by atoms with Crippen LogP contribution in [0.1, 0.15) is 28.4 Å². The van der Waals surface area contributed by atoms with Gasteiger partial charge in [0.2, 0.25) is 0 Å². The van der Waals surface area contributed by atoms with Crippen molar-refractivity contribution in [2.45, 2.75) is 13.5 Å². The van der Waals surface area contributed by atoms with Gasteiger partial charge < -0.3 is 9.47 Å². The predicted molar refractivity (Wildman–Crippen MR) is 127 cm³/mol. The van der Waals surface area contributed by atoms with Crippen LogP contribution in [0.4, 0.5) is 0 Å². The number of benzene rings is 4. The van der Waals surface area contributed by atoms with Crippen molar-refractivity contribution in [3.63, 3.8) is 0 Å². The summed E-state index contributed by atoms with van der Waals surface area (Å²) in [7, 11) is 0. The largest absolute Gasteiger partial charge is 0.493 e. The van der Waals surface area contributed by atoms with E-state index in [1.807, 2.05) is 79.7 Å². The average Bonchev–Trinajstić information content (AvgIpc) is 2.84. The van der Waals surface area contributed by atoms with E-state index in [0.29, 0.717) is 24.5 Å². The van der Waals surface area contributed by atoms with Gasteiger partial charge >= 0.3 is 0 Å². The van der Waals surface area contributed by atoms with Gasteiger partial charge in [-0.15, -0.1) is 0 Å². The molecule has 0 aliphatic rings. The van der Waals surface area contributed by atoms with Gasteiger partial charge in [-0.1, -0.05) is 72.8 Å². The Hall–Kier alpha value is -4.12. The minimum Gasteiger partial charge on any atom is -0.493 e. The number of nitrogens with one attached hydrogen (secondary N) is 1. The number of carbonyl (C=O) groups is 1. The Labute approximate surface area is 187 Å². The van der Waals surface area contributed by atoms with Crippen molar-refractivity contribution in [1.82, 2.24) is 5.43 Å². The summed E-state index contributed by atoms with van der Waals surface area (Å²) in [6.07, 6.45) is 1.62. The molecule has 5 nitrogen and oxygen atoms in total. The van der Waals surface area contributed by atoms with Gasteiger partial charge in [-0.3, -0.25) is 4.79 Å². The molecule has 0 radical (unpaired) electrons. The third kappa shape index (κ3) is 4.95. The highest BCUT2D eigenvalue weighted by atomic mass is 16.5. The first-order valence-electron chi connectivity index (χ1n) is 10.5. The first-order valence-corrected chi connectivity index (χ1v) is 10.5.